The van der Waals surface area contributed by atoms with Crippen LogP contribution in [0.25, 0.3) is 0 Å². The zero-order chi connectivity index (χ0) is 7.56. The normalized spacial score (nSPS) is 8.67. The number of halogens is 2. The zero-order valence-electron chi connectivity index (χ0n) is 6.86. The van der Waals surface area contributed by atoms with Crippen molar-refractivity contribution >= 4 is 24.8 Å². The van der Waals surface area contributed by atoms with Crippen molar-refractivity contribution in [3.05, 3.63) is 35.4 Å². The van der Waals surface area contributed by atoms with E-state index in [-0.39, 0.29) is 31.0 Å². The van der Waals surface area contributed by atoms with E-state index in [2.05, 4.69) is 0 Å². The van der Waals surface area contributed by atoms with Crippen LogP contribution in [0.5, 0.6) is 0 Å². The first-order valence-electron chi connectivity index (χ1n) is 3.28. The molecule has 0 aliphatic carbocycles. The van der Waals surface area contributed by atoms with Crippen LogP contribution in [-0.4, -0.2) is 0 Å². The van der Waals surface area contributed by atoms with E-state index in [9.17, 15) is 0 Å². The maximum Gasteiger partial charge on any atom is 0.0784 e. The Morgan fingerprint density at radius 1 is 1.17 bits per heavy atom. The standard InChI is InChI=1S/C8H12N2.2ClH/c1-6-3-2-4-7(5-6)8(9)10;;/h2-5,8H,9-10H2,1H3;2*1H. The molecule has 12 heavy (non-hydrogen) atoms. The van der Waals surface area contributed by atoms with Gasteiger partial charge in [0.15, 0.2) is 0 Å². The molecule has 4 heteroatoms. The molecule has 0 saturated heterocycles. The third-order valence-electron chi connectivity index (χ3n) is 1.43. The number of hydrogen-bond acceptors (Lipinski definition) is 2. The minimum absolute atomic E-state index is 0. The lowest BCUT2D eigenvalue weighted by Crippen LogP contribution is -2.19. The molecule has 4 N–H and O–H groups in total. The molecule has 70 valence electrons. The van der Waals surface area contributed by atoms with Crippen molar-refractivity contribution < 1.29 is 0 Å². The first-order chi connectivity index (χ1) is 4.70. The highest BCUT2D eigenvalue weighted by molar-refractivity contribution is 5.85. The Morgan fingerprint density at radius 3 is 2.08 bits per heavy atom. The van der Waals surface area contributed by atoms with Crippen molar-refractivity contribution in [1.82, 2.24) is 0 Å². The van der Waals surface area contributed by atoms with E-state index >= 15 is 0 Å². The topological polar surface area (TPSA) is 52.0 Å². The summed E-state index contributed by atoms with van der Waals surface area (Å²) in [6.07, 6.45) is -0.347. The lowest BCUT2D eigenvalue weighted by molar-refractivity contribution is 0.773. The van der Waals surface area contributed by atoms with Gasteiger partial charge in [-0.2, -0.15) is 0 Å². The Morgan fingerprint density at radius 2 is 1.75 bits per heavy atom. The number of benzene rings is 1. The summed E-state index contributed by atoms with van der Waals surface area (Å²) in [5.41, 5.74) is 13.1. The maximum atomic E-state index is 5.46. The summed E-state index contributed by atoms with van der Waals surface area (Å²) in [5, 5.41) is 0. The minimum Gasteiger partial charge on any atom is -0.312 e. The highest BCUT2D eigenvalue weighted by Gasteiger charge is 1.96. The Hall–Kier alpha value is -0.280. The molecule has 0 radical (unpaired) electrons. The number of aryl methyl sites for hydroxylation is 1. The van der Waals surface area contributed by atoms with Gasteiger partial charge in [0.05, 0.1) is 6.17 Å². The zero-order valence-corrected chi connectivity index (χ0v) is 8.49. The molecule has 0 atom stereocenters. The quantitative estimate of drug-likeness (QED) is 0.692. The van der Waals surface area contributed by atoms with Crippen LogP contribution in [0.1, 0.15) is 17.3 Å². The summed E-state index contributed by atoms with van der Waals surface area (Å²) in [7, 11) is 0. The van der Waals surface area contributed by atoms with Crippen molar-refractivity contribution in [1.29, 1.82) is 0 Å². The summed E-state index contributed by atoms with van der Waals surface area (Å²) < 4.78 is 0. The van der Waals surface area contributed by atoms with Gasteiger partial charge in [-0.25, -0.2) is 0 Å². The highest BCUT2D eigenvalue weighted by Crippen LogP contribution is 2.06. The fourth-order valence-electron chi connectivity index (χ4n) is 0.877. The minimum atomic E-state index is -0.347. The molecule has 0 aliphatic heterocycles. The van der Waals surface area contributed by atoms with Crippen LogP contribution in [-0.2, 0) is 0 Å². The first-order valence-corrected chi connectivity index (χ1v) is 3.28. The summed E-state index contributed by atoms with van der Waals surface area (Å²) >= 11 is 0. The molecule has 1 aromatic rings. The van der Waals surface area contributed by atoms with Crippen LogP contribution >= 0.6 is 24.8 Å². The van der Waals surface area contributed by atoms with Crippen LogP contribution in [0.15, 0.2) is 24.3 Å². The van der Waals surface area contributed by atoms with E-state index in [1.807, 2.05) is 31.2 Å². The van der Waals surface area contributed by atoms with Crippen LogP contribution in [0.4, 0.5) is 0 Å². The van der Waals surface area contributed by atoms with Crippen molar-refractivity contribution in [2.45, 2.75) is 13.1 Å². The molecular weight excluding hydrogens is 195 g/mol. The van der Waals surface area contributed by atoms with E-state index in [4.69, 9.17) is 11.5 Å². The van der Waals surface area contributed by atoms with Crippen LogP contribution in [0.3, 0.4) is 0 Å². The molecule has 0 unspecified atom stereocenters. The molecule has 1 aromatic carbocycles. The second-order valence-corrected chi connectivity index (χ2v) is 2.44. The lowest BCUT2D eigenvalue weighted by atomic mass is 10.1. The first kappa shape index (κ1) is 14.3. The van der Waals surface area contributed by atoms with Gasteiger partial charge in [0, 0.05) is 0 Å². The molecule has 1 rings (SSSR count). The molecule has 0 heterocycles. The molecule has 2 nitrogen and oxygen atoms in total. The largest absolute Gasteiger partial charge is 0.312 e. The summed E-state index contributed by atoms with van der Waals surface area (Å²) in [5.74, 6) is 0. The van der Waals surface area contributed by atoms with E-state index in [1.165, 1.54) is 5.56 Å². The fourth-order valence-corrected chi connectivity index (χ4v) is 0.877. The Bertz CT molecular complexity index is 226. The monoisotopic (exact) mass is 208 g/mol. The number of nitrogens with two attached hydrogens (primary N) is 2. The van der Waals surface area contributed by atoms with Gasteiger partial charge in [0.2, 0.25) is 0 Å². The van der Waals surface area contributed by atoms with Crippen molar-refractivity contribution in [2.75, 3.05) is 0 Å². The third kappa shape index (κ3) is 3.93. The van der Waals surface area contributed by atoms with Gasteiger partial charge in [-0.1, -0.05) is 29.8 Å². The van der Waals surface area contributed by atoms with Crippen molar-refractivity contribution in [3.8, 4) is 0 Å². The fraction of sp³-hybridized carbons (Fsp3) is 0.250. The van der Waals surface area contributed by atoms with Crippen molar-refractivity contribution in [2.24, 2.45) is 11.5 Å². The average molecular weight is 209 g/mol. The number of hydrogen-bond donors (Lipinski definition) is 2. The van der Waals surface area contributed by atoms with Crippen LogP contribution < -0.4 is 11.5 Å². The van der Waals surface area contributed by atoms with E-state index in [0.29, 0.717) is 0 Å². The Balaban J connectivity index is 0. The summed E-state index contributed by atoms with van der Waals surface area (Å²) in [6.45, 7) is 2.02. The third-order valence-corrected chi connectivity index (χ3v) is 1.43. The van der Waals surface area contributed by atoms with E-state index in [1.54, 1.807) is 0 Å². The van der Waals surface area contributed by atoms with Crippen LogP contribution in [0.2, 0.25) is 0 Å². The highest BCUT2D eigenvalue weighted by atomic mass is 35.5. The predicted octanol–water partition coefficient (Wildman–Crippen LogP) is 1.75. The summed E-state index contributed by atoms with van der Waals surface area (Å²) in [6, 6.07) is 7.89. The van der Waals surface area contributed by atoms with Gasteiger partial charge in [-0.3, -0.25) is 0 Å². The molecule has 0 aliphatic rings. The molecule has 0 spiro atoms. The summed E-state index contributed by atoms with van der Waals surface area (Å²) in [4.78, 5) is 0. The van der Waals surface area contributed by atoms with Gasteiger partial charge in [-0.15, -0.1) is 24.8 Å². The average Bonchev–Trinajstić information content (AvgIpc) is 1.88. The second kappa shape index (κ2) is 6.26. The molecule has 0 bridgehead atoms. The maximum absolute atomic E-state index is 5.46. The molecule has 0 aromatic heterocycles. The van der Waals surface area contributed by atoms with Gasteiger partial charge in [-0.05, 0) is 12.5 Å². The van der Waals surface area contributed by atoms with Gasteiger partial charge in [0.1, 0.15) is 0 Å². The molecule has 0 amide bonds. The van der Waals surface area contributed by atoms with E-state index in [0.717, 1.165) is 5.56 Å². The van der Waals surface area contributed by atoms with Crippen molar-refractivity contribution in [3.63, 3.8) is 0 Å². The van der Waals surface area contributed by atoms with Crippen LogP contribution in [0, 0.1) is 6.92 Å². The molecule has 0 fully saturated rings. The SMILES string of the molecule is Cc1cccc(C(N)N)c1.Cl.Cl. The Labute approximate surface area is 85.1 Å². The van der Waals surface area contributed by atoms with Gasteiger partial charge < -0.3 is 11.5 Å². The Kier molecular flexibility index (Phi) is 7.44. The molecular formula is C8H14Cl2N2. The van der Waals surface area contributed by atoms with E-state index < -0.39 is 0 Å². The van der Waals surface area contributed by atoms with Gasteiger partial charge >= 0.3 is 0 Å². The second-order valence-electron chi connectivity index (χ2n) is 2.44. The smallest absolute Gasteiger partial charge is 0.0784 e. The number of rotatable bonds is 1. The molecule has 0 saturated carbocycles. The lowest BCUT2D eigenvalue weighted by Gasteiger charge is -2.04. The van der Waals surface area contributed by atoms with Gasteiger partial charge in [0.25, 0.3) is 0 Å². The predicted molar refractivity (Wildman–Crippen MR) is 56.8 cm³/mol.